The number of fused-ring (bicyclic) bond motifs is 4. The number of para-hydroxylation sites is 2. The van der Waals surface area contributed by atoms with Gasteiger partial charge < -0.3 is 0 Å². The Labute approximate surface area is 203 Å². The Morgan fingerprint density at radius 2 is 1.47 bits per heavy atom. The molecule has 0 unspecified atom stereocenters. The predicted octanol–water partition coefficient (Wildman–Crippen LogP) is 5.60. The summed E-state index contributed by atoms with van der Waals surface area (Å²) >= 11 is 3.50. The molecule has 0 spiro atoms. The first kappa shape index (κ1) is 20.7. The lowest BCUT2D eigenvalue weighted by atomic mass is 10.1. The first-order valence-electron chi connectivity index (χ1n) is 11.1. The zero-order chi connectivity index (χ0) is 23.2. The Bertz CT molecular complexity index is 1740. The molecule has 0 radical (unpaired) electrons. The zero-order valence-electron chi connectivity index (χ0n) is 18.4. The van der Waals surface area contributed by atoms with Crippen LogP contribution in [0.4, 0.5) is 0 Å². The van der Waals surface area contributed by atoms with Crippen LogP contribution in [0.3, 0.4) is 0 Å². The molecule has 6 rings (SSSR count). The molecule has 0 saturated heterocycles. The molecular weight excluding hydrogens is 490 g/mol. The van der Waals surface area contributed by atoms with Crippen molar-refractivity contribution in [3.63, 3.8) is 0 Å². The summed E-state index contributed by atoms with van der Waals surface area (Å²) in [6.45, 7) is 2.43. The number of benzene rings is 3. The lowest BCUT2D eigenvalue weighted by Gasteiger charge is -2.11. The molecule has 0 aliphatic rings. The molecule has 0 bridgehead atoms. The number of nitrogens with zero attached hydrogens (tertiary/aromatic N) is 5. The molecule has 0 atom stereocenters. The maximum absolute atomic E-state index is 13.9. The van der Waals surface area contributed by atoms with Crippen LogP contribution in [-0.2, 0) is 13.0 Å². The van der Waals surface area contributed by atoms with Gasteiger partial charge in [-0.15, -0.1) is 0 Å². The lowest BCUT2D eigenvalue weighted by molar-refractivity contribution is 0.637. The quantitative estimate of drug-likeness (QED) is 0.310. The molecule has 0 amide bonds. The van der Waals surface area contributed by atoms with Crippen LogP contribution in [0.5, 0.6) is 0 Å². The van der Waals surface area contributed by atoms with Gasteiger partial charge in [-0.25, -0.2) is 15.0 Å². The summed E-state index contributed by atoms with van der Waals surface area (Å²) in [7, 11) is 0. The highest BCUT2D eigenvalue weighted by Crippen LogP contribution is 2.29. The minimum absolute atomic E-state index is 0.0936. The van der Waals surface area contributed by atoms with Crippen molar-refractivity contribution in [2.24, 2.45) is 0 Å². The molecule has 0 aliphatic heterocycles. The molecule has 0 fully saturated rings. The molecular formula is C27H20BrN5O. The van der Waals surface area contributed by atoms with Gasteiger partial charge in [-0.2, -0.15) is 0 Å². The number of aryl methyl sites for hydroxylation is 2. The van der Waals surface area contributed by atoms with Gasteiger partial charge in [0.25, 0.3) is 5.56 Å². The number of hydrogen-bond donors (Lipinski definition) is 0. The fourth-order valence-electron chi connectivity index (χ4n) is 4.41. The summed E-state index contributed by atoms with van der Waals surface area (Å²) < 4.78 is 4.66. The molecule has 166 valence electrons. The van der Waals surface area contributed by atoms with Crippen LogP contribution >= 0.6 is 15.9 Å². The molecule has 3 heterocycles. The van der Waals surface area contributed by atoms with E-state index in [-0.39, 0.29) is 5.56 Å². The second-order valence-electron chi connectivity index (χ2n) is 8.25. The highest BCUT2D eigenvalue weighted by atomic mass is 79.9. The Morgan fingerprint density at radius 3 is 2.21 bits per heavy atom. The predicted molar refractivity (Wildman–Crippen MR) is 139 cm³/mol. The normalized spacial score (nSPS) is 11.6. The largest absolute Gasteiger partial charge is 0.296 e. The SMILES string of the molecule is Cc1nc2c(c(=O)n1CCc1ccccc1)c1nc3ccccc3nc1n2-c1ccc(Br)cc1. The molecule has 3 aromatic heterocycles. The van der Waals surface area contributed by atoms with Crippen molar-refractivity contribution < 1.29 is 0 Å². The van der Waals surface area contributed by atoms with E-state index in [9.17, 15) is 4.79 Å². The third kappa shape index (κ3) is 3.40. The van der Waals surface area contributed by atoms with Gasteiger partial charge in [0.05, 0.1) is 11.0 Å². The van der Waals surface area contributed by atoms with Gasteiger partial charge in [-0.05, 0) is 55.3 Å². The first-order valence-corrected chi connectivity index (χ1v) is 11.9. The summed E-state index contributed by atoms with van der Waals surface area (Å²) in [5.41, 5.74) is 5.26. The minimum Gasteiger partial charge on any atom is -0.296 e. The van der Waals surface area contributed by atoms with Crippen molar-refractivity contribution in [1.82, 2.24) is 24.1 Å². The molecule has 6 aromatic rings. The summed E-state index contributed by atoms with van der Waals surface area (Å²) in [4.78, 5) is 28.5. The van der Waals surface area contributed by atoms with Gasteiger partial charge in [-0.3, -0.25) is 13.9 Å². The Kier molecular flexibility index (Phi) is 4.99. The first-order chi connectivity index (χ1) is 16.6. The van der Waals surface area contributed by atoms with E-state index in [0.717, 1.165) is 27.6 Å². The van der Waals surface area contributed by atoms with E-state index in [1.807, 2.05) is 78.2 Å². The molecule has 6 nitrogen and oxygen atoms in total. The van der Waals surface area contributed by atoms with E-state index in [0.29, 0.717) is 34.6 Å². The topological polar surface area (TPSA) is 65.6 Å². The lowest BCUT2D eigenvalue weighted by Crippen LogP contribution is -2.25. The van der Waals surface area contributed by atoms with Gasteiger partial charge in [0.2, 0.25) is 0 Å². The minimum atomic E-state index is -0.0936. The van der Waals surface area contributed by atoms with Crippen LogP contribution in [0.25, 0.3) is 38.9 Å². The molecule has 0 aliphatic carbocycles. The van der Waals surface area contributed by atoms with Crippen molar-refractivity contribution in [3.8, 4) is 5.69 Å². The van der Waals surface area contributed by atoms with Crippen molar-refractivity contribution in [3.05, 3.63) is 105 Å². The molecule has 0 N–H and O–H groups in total. The number of halogens is 1. The summed E-state index contributed by atoms with van der Waals surface area (Å²) in [5, 5.41) is 0.495. The number of aromatic nitrogens is 5. The van der Waals surface area contributed by atoms with E-state index >= 15 is 0 Å². The second-order valence-corrected chi connectivity index (χ2v) is 9.16. The Morgan fingerprint density at radius 1 is 0.794 bits per heavy atom. The van der Waals surface area contributed by atoms with Crippen LogP contribution in [0.2, 0.25) is 0 Å². The Hall–Kier alpha value is -3.84. The van der Waals surface area contributed by atoms with Crippen molar-refractivity contribution in [1.29, 1.82) is 0 Å². The monoisotopic (exact) mass is 509 g/mol. The number of rotatable bonds is 4. The van der Waals surface area contributed by atoms with Crippen molar-refractivity contribution >= 4 is 49.2 Å². The highest BCUT2D eigenvalue weighted by molar-refractivity contribution is 9.10. The molecule has 7 heteroatoms. The molecule has 3 aromatic carbocycles. The Balaban J connectivity index is 1.65. The highest BCUT2D eigenvalue weighted by Gasteiger charge is 2.22. The average Bonchev–Trinajstić information content (AvgIpc) is 3.16. The van der Waals surface area contributed by atoms with E-state index in [4.69, 9.17) is 15.0 Å². The van der Waals surface area contributed by atoms with E-state index < -0.39 is 0 Å². The van der Waals surface area contributed by atoms with Crippen LogP contribution in [0.1, 0.15) is 11.4 Å². The van der Waals surface area contributed by atoms with Gasteiger partial charge in [0, 0.05) is 16.7 Å². The third-order valence-corrected chi connectivity index (χ3v) is 6.63. The van der Waals surface area contributed by atoms with E-state index in [1.165, 1.54) is 5.56 Å². The summed E-state index contributed by atoms with van der Waals surface area (Å²) in [6.07, 6.45) is 0.745. The van der Waals surface area contributed by atoms with E-state index in [1.54, 1.807) is 4.57 Å². The zero-order valence-corrected chi connectivity index (χ0v) is 20.0. The average molecular weight is 510 g/mol. The molecule has 0 saturated carbocycles. The van der Waals surface area contributed by atoms with Crippen LogP contribution < -0.4 is 5.56 Å². The maximum atomic E-state index is 13.9. The van der Waals surface area contributed by atoms with Gasteiger partial charge in [-0.1, -0.05) is 58.4 Å². The summed E-state index contributed by atoms with van der Waals surface area (Å²) in [6, 6.07) is 25.8. The van der Waals surface area contributed by atoms with E-state index in [2.05, 4.69) is 28.1 Å². The second kappa shape index (κ2) is 8.18. The van der Waals surface area contributed by atoms with Gasteiger partial charge >= 0.3 is 0 Å². The van der Waals surface area contributed by atoms with Crippen LogP contribution in [-0.4, -0.2) is 24.1 Å². The molecule has 34 heavy (non-hydrogen) atoms. The fourth-order valence-corrected chi connectivity index (χ4v) is 4.68. The maximum Gasteiger partial charge on any atom is 0.265 e. The standard InChI is InChI=1S/C27H20BrN5O/c1-17-29-25-23(27(34)32(17)16-15-18-7-3-2-4-8-18)24-26(31-22-10-6-5-9-21(22)30-24)33(25)20-13-11-19(28)12-14-20/h2-14H,15-16H2,1H3. The van der Waals surface area contributed by atoms with Gasteiger partial charge in [0.1, 0.15) is 16.7 Å². The van der Waals surface area contributed by atoms with Crippen molar-refractivity contribution in [2.75, 3.05) is 0 Å². The summed E-state index contributed by atoms with van der Waals surface area (Å²) in [5.74, 6) is 0.666. The van der Waals surface area contributed by atoms with Crippen LogP contribution in [0.15, 0.2) is 88.1 Å². The fraction of sp³-hybridized carbons (Fsp3) is 0.111. The smallest absolute Gasteiger partial charge is 0.265 e. The van der Waals surface area contributed by atoms with Gasteiger partial charge in [0.15, 0.2) is 11.3 Å². The van der Waals surface area contributed by atoms with Crippen LogP contribution in [0, 0.1) is 6.92 Å². The van der Waals surface area contributed by atoms with Crippen molar-refractivity contribution in [2.45, 2.75) is 19.9 Å². The number of hydrogen-bond acceptors (Lipinski definition) is 4. The third-order valence-electron chi connectivity index (χ3n) is 6.11.